The van der Waals surface area contributed by atoms with Crippen molar-refractivity contribution >= 4 is 33.2 Å². The molecule has 0 fully saturated rings. The molecule has 0 unspecified atom stereocenters. The highest BCUT2D eigenvalue weighted by atomic mass is 79.9. The molecule has 1 amide bonds. The van der Waals surface area contributed by atoms with Gasteiger partial charge in [0.1, 0.15) is 0 Å². The molecule has 0 aliphatic carbocycles. The smallest absolute Gasteiger partial charge is 0.279 e. The van der Waals surface area contributed by atoms with Gasteiger partial charge in [-0.05, 0) is 42.0 Å². The number of nitrogens with zero attached hydrogens (tertiary/aromatic N) is 2. The van der Waals surface area contributed by atoms with Gasteiger partial charge >= 0.3 is 0 Å². The van der Waals surface area contributed by atoms with Crippen LogP contribution in [0.15, 0.2) is 99.8 Å². The lowest BCUT2D eigenvalue weighted by Gasteiger charge is -2.09. The number of carbonyl (C=O) groups is 1. The van der Waals surface area contributed by atoms with Crippen molar-refractivity contribution in [3.63, 3.8) is 0 Å². The average Bonchev–Trinajstić information content (AvgIpc) is 3.13. The van der Waals surface area contributed by atoms with Gasteiger partial charge in [0.15, 0.2) is 4.80 Å². The standard InChI is InChI=1S/C22H15BrN2OS/c23-18-13-11-16(12-14-18)20-15-27-22(25(20)19-9-5-2-6-10-19)24-21(26)17-7-3-1-4-8-17/h1-15H. The molecule has 132 valence electrons. The number of hydrogen-bond acceptors (Lipinski definition) is 2. The van der Waals surface area contributed by atoms with Crippen LogP contribution in [-0.4, -0.2) is 10.5 Å². The van der Waals surface area contributed by atoms with E-state index in [9.17, 15) is 4.79 Å². The quantitative estimate of drug-likeness (QED) is 0.406. The second-order valence-corrected chi connectivity index (χ2v) is 7.62. The monoisotopic (exact) mass is 434 g/mol. The van der Waals surface area contributed by atoms with E-state index < -0.39 is 0 Å². The number of benzene rings is 3. The van der Waals surface area contributed by atoms with Gasteiger partial charge in [-0.25, -0.2) is 0 Å². The van der Waals surface area contributed by atoms with Crippen LogP contribution in [0.4, 0.5) is 0 Å². The van der Waals surface area contributed by atoms with Crippen LogP contribution >= 0.6 is 27.3 Å². The van der Waals surface area contributed by atoms with Gasteiger partial charge in [-0.3, -0.25) is 9.36 Å². The number of thiazole rings is 1. The third kappa shape index (κ3) is 3.84. The number of para-hydroxylation sites is 1. The fraction of sp³-hybridized carbons (Fsp3) is 0. The largest absolute Gasteiger partial charge is 0.285 e. The molecule has 0 radical (unpaired) electrons. The maximum absolute atomic E-state index is 12.6. The molecule has 0 saturated heterocycles. The van der Waals surface area contributed by atoms with Crippen LogP contribution in [0.25, 0.3) is 16.9 Å². The number of rotatable bonds is 3. The molecule has 0 aliphatic rings. The second-order valence-electron chi connectivity index (χ2n) is 5.86. The van der Waals surface area contributed by atoms with Crippen LogP contribution in [0.5, 0.6) is 0 Å². The normalized spacial score (nSPS) is 11.5. The summed E-state index contributed by atoms with van der Waals surface area (Å²) in [6, 6.07) is 27.2. The van der Waals surface area contributed by atoms with Gasteiger partial charge in [0.25, 0.3) is 5.91 Å². The van der Waals surface area contributed by atoms with Gasteiger partial charge in [0, 0.05) is 21.1 Å². The van der Waals surface area contributed by atoms with E-state index in [2.05, 4.69) is 20.9 Å². The van der Waals surface area contributed by atoms with Gasteiger partial charge in [-0.1, -0.05) is 64.5 Å². The van der Waals surface area contributed by atoms with Gasteiger partial charge in [-0.15, -0.1) is 11.3 Å². The Morgan fingerprint density at radius 3 is 2.15 bits per heavy atom. The van der Waals surface area contributed by atoms with Crippen LogP contribution < -0.4 is 4.80 Å². The third-order valence-corrected chi connectivity index (χ3v) is 5.43. The average molecular weight is 435 g/mol. The van der Waals surface area contributed by atoms with E-state index in [-0.39, 0.29) is 5.91 Å². The molecule has 3 nitrogen and oxygen atoms in total. The molecule has 4 aromatic rings. The zero-order valence-electron chi connectivity index (χ0n) is 14.2. The van der Waals surface area contributed by atoms with Gasteiger partial charge in [-0.2, -0.15) is 4.99 Å². The molecule has 4 rings (SSSR count). The predicted octanol–water partition coefficient (Wildman–Crippen LogP) is 5.71. The summed E-state index contributed by atoms with van der Waals surface area (Å²) < 4.78 is 3.05. The zero-order valence-corrected chi connectivity index (χ0v) is 16.7. The SMILES string of the molecule is O=C(N=c1scc(-c2ccc(Br)cc2)n1-c1ccccc1)c1ccccc1. The van der Waals surface area contributed by atoms with Gasteiger partial charge in [0.05, 0.1) is 5.69 Å². The molecule has 0 saturated carbocycles. The highest BCUT2D eigenvalue weighted by molar-refractivity contribution is 9.10. The summed E-state index contributed by atoms with van der Waals surface area (Å²) in [5.41, 5.74) is 3.61. The molecule has 0 bridgehead atoms. The molecule has 5 heteroatoms. The third-order valence-electron chi connectivity index (χ3n) is 4.08. The molecular weight excluding hydrogens is 420 g/mol. The summed E-state index contributed by atoms with van der Waals surface area (Å²) >= 11 is 4.93. The van der Waals surface area contributed by atoms with Crippen molar-refractivity contribution in [3.05, 3.63) is 105 Å². The number of halogens is 1. The van der Waals surface area contributed by atoms with Crippen LogP contribution in [0.1, 0.15) is 10.4 Å². The number of amides is 1. The van der Waals surface area contributed by atoms with E-state index in [0.29, 0.717) is 10.4 Å². The predicted molar refractivity (Wildman–Crippen MR) is 113 cm³/mol. The first-order valence-electron chi connectivity index (χ1n) is 8.38. The van der Waals surface area contributed by atoms with Crippen molar-refractivity contribution in [2.45, 2.75) is 0 Å². The Hall–Kier alpha value is -2.76. The Morgan fingerprint density at radius 1 is 0.852 bits per heavy atom. The number of aromatic nitrogens is 1. The first-order valence-corrected chi connectivity index (χ1v) is 10.1. The summed E-state index contributed by atoms with van der Waals surface area (Å²) in [5, 5.41) is 2.04. The Labute approximate surface area is 169 Å². The molecule has 1 heterocycles. The Kier molecular flexibility index (Phi) is 5.14. The van der Waals surface area contributed by atoms with Gasteiger partial charge < -0.3 is 0 Å². The van der Waals surface area contributed by atoms with Crippen molar-refractivity contribution in [2.75, 3.05) is 0 Å². The molecule has 0 N–H and O–H groups in total. The molecule has 3 aromatic carbocycles. The molecule has 0 atom stereocenters. The Bertz CT molecular complexity index is 1130. The minimum absolute atomic E-state index is 0.246. The summed E-state index contributed by atoms with van der Waals surface area (Å²) in [6.07, 6.45) is 0. The first-order chi connectivity index (χ1) is 13.2. The molecule has 0 aliphatic heterocycles. The Balaban J connectivity index is 1.89. The van der Waals surface area contributed by atoms with Crippen molar-refractivity contribution in [3.8, 4) is 16.9 Å². The van der Waals surface area contributed by atoms with Crippen molar-refractivity contribution < 1.29 is 4.79 Å². The summed E-state index contributed by atoms with van der Waals surface area (Å²) in [7, 11) is 0. The molecular formula is C22H15BrN2OS. The second kappa shape index (κ2) is 7.86. The van der Waals surface area contributed by atoms with Crippen molar-refractivity contribution in [1.29, 1.82) is 0 Å². The fourth-order valence-corrected chi connectivity index (χ4v) is 3.94. The van der Waals surface area contributed by atoms with Crippen LogP contribution in [0.2, 0.25) is 0 Å². The molecule has 0 spiro atoms. The lowest BCUT2D eigenvalue weighted by atomic mass is 10.1. The van der Waals surface area contributed by atoms with Crippen LogP contribution in [0, 0.1) is 0 Å². The van der Waals surface area contributed by atoms with Gasteiger partial charge in [0.2, 0.25) is 0 Å². The fourth-order valence-electron chi connectivity index (χ4n) is 2.77. The Morgan fingerprint density at radius 2 is 1.48 bits per heavy atom. The molecule has 1 aromatic heterocycles. The van der Waals surface area contributed by atoms with Crippen LogP contribution in [0.3, 0.4) is 0 Å². The van der Waals surface area contributed by atoms with Crippen molar-refractivity contribution in [2.24, 2.45) is 4.99 Å². The minimum Gasteiger partial charge on any atom is -0.285 e. The lowest BCUT2D eigenvalue weighted by Crippen LogP contribution is -2.16. The highest BCUT2D eigenvalue weighted by Gasteiger charge is 2.12. The van der Waals surface area contributed by atoms with E-state index in [1.807, 2.05) is 82.7 Å². The first kappa shape index (κ1) is 17.6. The molecule has 27 heavy (non-hydrogen) atoms. The summed E-state index contributed by atoms with van der Waals surface area (Å²) in [6.45, 7) is 0. The highest BCUT2D eigenvalue weighted by Crippen LogP contribution is 2.25. The number of hydrogen-bond donors (Lipinski definition) is 0. The summed E-state index contributed by atoms with van der Waals surface area (Å²) in [4.78, 5) is 17.7. The zero-order chi connectivity index (χ0) is 18.6. The van der Waals surface area contributed by atoms with E-state index >= 15 is 0 Å². The minimum atomic E-state index is -0.246. The van der Waals surface area contributed by atoms with E-state index in [1.165, 1.54) is 11.3 Å². The lowest BCUT2D eigenvalue weighted by molar-refractivity contribution is 0.0998. The van der Waals surface area contributed by atoms with E-state index in [4.69, 9.17) is 0 Å². The van der Waals surface area contributed by atoms with Crippen LogP contribution in [-0.2, 0) is 0 Å². The maximum atomic E-state index is 12.6. The van der Waals surface area contributed by atoms with E-state index in [1.54, 1.807) is 12.1 Å². The summed E-state index contributed by atoms with van der Waals surface area (Å²) in [5.74, 6) is -0.246. The topological polar surface area (TPSA) is 34.4 Å². The maximum Gasteiger partial charge on any atom is 0.279 e. The number of carbonyl (C=O) groups excluding carboxylic acids is 1. The van der Waals surface area contributed by atoms with E-state index in [0.717, 1.165) is 21.4 Å². The van der Waals surface area contributed by atoms with Crippen molar-refractivity contribution in [1.82, 2.24) is 4.57 Å².